The molecule has 2 rings (SSSR count). The molecule has 0 spiro atoms. The molecule has 0 saturated heterocycles. The fourth-order valence-electron chi connectivity index (χ4n) is 1.53. The van der Waals surface area contributed by atoms with E-state index in [2.05, 4.69) is 0 Å². The van der Waals surface area contributed by atoms with Gasteiger partial charge < -0.3 is 0 Å². The van der Waals surface area contributed by atoms with Gasteiger partial charge >= 0.3 is 5.69 Å². The quantitative estimate of drug-likeness (QED) is 0.466. The first-order valence-corrected chi connectivity index (χ1v) is 5.34. The van der Waals surface area contributed by atoms with E-state index in [9.17, 15) is 14.5 Å². The lowest BCUT2D eigenvalue weighted by atomic mass is 10.1. The number of halogens is 1. The summed E-state index contributed by atoms with van der Waals surface area (Å²) in [5.74, 6) is -0.822. The Balaban J connectivity index is 2.28. The van der Waals surface area contributed by atoms with Crippen molar-refractivity contribution in [1.82, 2.24) is 0 Å². The maximum atomic E-state index is 13.1. The second kappa shape index (κ2) is 5.23. The van der Waals surface area contributed by atoms with Crippen molar-refractivity contribution in [1.29, 1.82) is 0 Å². The van der Waals surface area contributed by atoms with Crippen molar-refractivity contribution in [3.8, 4) is 0 Å². The highest BCUT2D eigenvalue weighted by Crippen LogP contribution is 2.19. The zero-order valence-corrected chi connectivity index (χ0v) is 9.42. The van der Waals surface area contributed by atoms with E-state index >= 15 is 0 Å². The lowest BCUT2D eigenvalue weighted by Gasteiger charge is -1.96. The molecule has 0 radical (unpaired) electrons. The molecule has 3 nitrogen and oxygen atoms in total. The van der Waals surface area contributed by atoms with Crippen molar-refractivity contribution in [2.75, 3.05) is 0 Å². The van der Waals surface area contributed by atoms with E-state index in [0.717, 1.165) is 11.6 Å². The molecule has 0 unspecified atom stereocenters. The summed E-state index contributed by atoms with van der Waals surface area (Å²) in [4.78, 5) is 9.86. The Morgan fingerprint density at radius 1 is 1.00 bits per heavy atom. The Bertz CT molecular complexity index is 594. The van der Waals surface area contributed by atoms with Crippen LogP contribution in [0.1, 0.15) is 11.1 Å². The van der Waals surface area contributed by atoms with E-state index in [1.54, 1.807) is 6.08 Å². The van der Waals surface area contributed by atoms with Gasteiger partial charge in [0.15, 0.2) is 0 Å². The number of nitro benzene ring substituents is 1. The zero-order valence-electron chi connectivity index (χ0n) is 9.42. The molecule has 18 heavy (non-hydrogen) atoms. The van der Waals surface area contributed by atoms with E-state index < -0.39 is 16.4 Å². The number of nitrogens with zero attached hydrogens (tertiary/aromatic N) is 1. The average Bonchev–Trinajstić information content (AvgIpc) is 2.38. The molecule has 0 aliphatic heterocycles. The van der Waals surface area contributed by atoms with Crippen molar-refractivity contribution in [3.63, 3.8) is 0 Å². The van der Waals surface area contributed by atoms with Gasteiger partial charge in [-0.1, -0.05) is 48.6 Å². The van der Waals surface area contributed by atoms with Gasteiger partial charge in [0, 0.05) is 6.07 Å². The Hall–Kier alpha value is -2.49. The minimum Gasteiger partial charge on any atom is -0.258 e. The van der Waals surface area contributed by atoms with Crippen LogP contribution in [0.5, 0.6) is 0 Å². The van der Waals surface area contributed by atoms with Gasteiger partial charge in [-0.3, -0.25) is 10.1 Å². The molecule has 0 amide bonds. The fraction of sp³-hybridized carbons (Fsp3) is 0. The predicted molar refractivity (Wildman–Crippen MR) is 68.4 cm³/mol. The fourth-order valence-corrected chi connectivity index (χ4v) is 1.53. The van der Waals surface area contributed by atoms with Crippen LogP contribution in [-0.4, -0.2) is 4.92 Å². The molecule has 0 aliphatic carbocycles. The van der Waals surface area contributed by atoms with Crippen molar-refractivity contribution in [2.24, 2.45) is 0 Å². The highest BCUT2D eigenvalue weighted by Gasteiger charge is 2.12. The molecule has 0 bridgehead atoms. The molecule has 0 N–H and O–H groups in total. The summed E-state index contributed by atoms with van der Waals surface area (Å²) in [6, 6.07) is 13.3. The van der Waals surface area contributed by atoms with Crippen LogP contribution in [-0.2, 0) is 0 Å². The highest BCUT2D eigenvalue weighted by molar-refractivity contribution is 5.70. The third-order valence-corrected chi connectivity index (χ3v) is 2.43. The molecule has 4 heteroatoms. The van der Waals surface area contributed by atoms with Crippen LogP contribution in [0.4, 0.5) is 10.1 Å². The van der Waals surface area contributed by atoms with Crippen LogP contribution in [0.15, 0.2) is 48.5 Å². The summed E-state index contributed by atoms with van der Waals surface area (Å²) >= 11 is 0. The summed E-state index contributed by atoms with van der Waals surface area (Å²) in [5.41, 5.74) is 1.06. The van der Waals surface area contributed by atoms with Crippen molar-refractivity contribution in [2.45, 2.75) is 0 Å². The molecule has 2 aromatic rings. The monoisotopic (exact) mass is 243 g/mol. The van der Waals surface area contributed by atoms with E-state index in [0.29, 0.717) is 5.56 Å². The molecule has 90 valence electrons. The lowest BCUT2D eigenvalue weighted by Crippen LogP contribution is -1.92. The Labute approximate surface area is 103 Å². The van der Waals surface area contributed by atoms with Crippen LogP contribution >= 0.6 is 0 Å². The molecule has 0 fully saturated rings. The number of hydrogen-bond acceptors (Lipinski definition) is 2. The summed E-state index contributed by atoms with van der Waals surface area (Å²) in [7, 11) is 0. The van der Waals surface area contributed by atoms with Gasteiger partial charge in [-0.15, -0.1) is 0 Å². The molecular formula is C14H10FNO2. The van der Waals surface area contributed by atoms with Crippen LogP contribution < -0.4 is 0 Å². The molecule has 0 heterocycles. The maximum absolute atomic E-state index is 13.1. The lowest BCUT2D eigenvalue weighted by molar-refractivity contribution is -0.387. The van der Waals surface area contributed by atoms with E-state index in [-0.39, 0.29) is 0 Å². The van der Waals surface area contributed by atoms with E-state index in [4.69, 9.17) is 0 Å². The standard InChI is InChI=1S/C14H10FNO2/c15-13-9-8-12(10-14(13)16(17)18)7-6-11-4-2-1-3-5-11/h1-10H/b7-6+. The first-order chi connectivity index (χ1) is 8.66. The van der Waals surface area contributed by atoms with Gasteiger partial charge in [-0.25, -0.2) is 0 Å². The Morgan fingerprint density at radius 2 is 1.67 bits per heavy atom. The molecule has 2 aromatic carbocycles. The largest absolute Gasteiger partial charge is 0.305 e. The number of hydrogen-bond donors (Lipinski definition) is 0. The SMILES string of the molecule is O=[N+]([O-])c1cc(/C=C/c2ccccc2)ccc1F. The summed E-state index contributed by atoms with van der Waals surface area (Å²) in [5, 5.41) is 10.6. The predicted octanol–water partition coefficient (Wildman–Crippen LogP) is 3.90. The third kappa shape index (κ3) is 2.79. The van der Waals surface area contributed by atoms with Gasteiger partial charge in [0.05, 0.1) is 4.92 Å². The van der Waals surface area contributed by atoms with Crippen molar-refractivity contribution < 1.29 is 9.31 Å². The van der Waals surface area contributed by atoms with Crippen LogP contribution in [0, 0.1) is 15.9 Å². The van der Waals surface area contributed by atoms with Crippen molar-refractivity contribution >= 4 is 17.8 Å². The molecule has 0 aliphatic rings. The Kier molecular flexibility index (Phi) is 3.48. The smallest absolute Gasteiger partial charge is 0.258 e. The van der Waals surface area contributed by atoms with Gasteiger partial charge in [-0.05, 0) is 17.2 Å². The zero-order chi connectivity index (χ0) is 13.0. The maximum Gasteiger partial charge on any atom is 0.305 e. The highest BCUT2D eigenvalue weighted by atomic mass is 19.1. The van der Waals surface area contributed by atoms with Gasteiger partial charge in [0.1, 0.15) is 0 Å². The van der Waals surface area contributed by atoms with Crippen LogP contribution in [0.3, 0.4) is 0 Å². The minimum atomic E-state index is -0.822. The summed E-state index contributed by atoms with van der Waals surface area (Å²) in [6.07, 6.45) is 3.53. The second-order valence-corrected chi connectivity index (χ2v) is 3.71. The minimum absolute atomic E-state index is 0.509. The number of benzene rings is 2. The normalized spacial score (nSPS) is 10.7. The average molecular weight is 243 g/mol. The van der Waals surface area contributed by atoms with E-state index in [1.165, 1.54) is 12.1 Å². The number of nitro groups is 1. The first kappa shape index (κ1) is 12.0. The molecule has 0 aromatic heterocycles. The van der Waals surface area contributed by atoms with Gasteiger partial charge in [-0.2, -0.15) is 4.39 Å². The van der Waals surface area contributed by atoms with Crippen LogP contribution in [0.2, 0.25) is 0 Å². The number of rotatable bonds is 3. The molecular weight excluding hydrogens is 233 g/mol. The van der Waals surface area contributed by atoms with E-state index in [1.807, 2.05) is 36.4 Å². The first-order valence-electron chi connectivity index (χ1n) is 5.34. The molecule has 0 atom stereocenters. The van der Waals surface area contributed by atoms with Crippen LogP contribution in [0.25, 0.3) is 12.2 Å². The summed E-state index contributed by atoms with van der Waals surface area (Å²) < 4.78 is 13.1. The van der Waals surface area contributed by atoms with Crippen molar-refractivity contribution in [3.05, 3.63) is 75.6 Å². The second-order valence-electron chi connectivity index (χ2n) is 3.71. The van der Waals surface area contributed by atoms with Gasteiger partial charge in [0.2, 0.25) is 5.82 Å². The van der Waals surface area contributed by atoms with Gasteiger partial charge in [0.25, 0.3) is 0 Å². The molecule has 0 saturated carbocycles. The topological polar surface area (TPSA) is 43.1 Å². The Morgan fingerprint density at radius 3 is 2.33 bits per heavy atom. The third-order valence-electron chi connectivity index (χ3n) is 2.43. The summed E-state index contributed by atoms with van der Waals surface area (Å²) in [6.45, 7) is 0.